The fourth-order valence-corrected chi connectivity index (χ4v) is 4.52. The van der Waals surface area contributed by atoms with E-state index in [1.807, 2.05) is 24.3 Å². The monoisotopic (exact) mass is 363 g/mol. The summed E-state index contributed by atoms with van der Waals surface area (Å²) in [5.41, 5.74) is 2.75. The van der Waals surface area contributed by atoms with E-state index in [9.17, 15) is 8.42 Å². The molecule has 0 atom stereocenters. The maximum atomic E-state index is 12.6. The van der Waals surface area contributed by atoms with E-state index < -0.39 is 10.0 Å². The molecule has 0 bridgehead atoms. The van der Waals surface area contributed by atoms with Gasteiger partial charge in [0, 0.05) is 38.4 Å². The van der Waals surface area contributed by atoms with Gasteiger partial charge in [0.15, 0.2) is 0 Å². The minimum absolute atomic E-state index is 0.217. The third-order valence-electron chi connectivity index (χ3n) is 4.54. The lowest BCUT2D eigenvalue weighted by Gasteiger charge is -2.32. The lowest BCUT2D eigenvalue weighted by Crippen LogP contribution is -2.43. The molecule has 1 fully saturated rings. The number of anilines is 1. The molecule has 0 spiro atoms. The molecule has 0 aliphatic carbocycles. The second kappa shape index (κ2) is 7.15. The molecule has 2 N–H and O–H groups in total. The molecule has 1 aromatic carbocycles. The summed E-state index contributed by atoms with van der Waals surface area (Å²) in [6.07, 6.45) is 0. The van der Waals surface area contributed by atoms with Crippen LogP contribution in [-0.4, -0.2) is 61.6 Å². The average Bonchev–Trinajstić information content (AvgIpc) is 2.91. The highest BCUT2D eigenvalue weighted by atomic mass is 32.2. The topological polar surface area (TPSA) is 81.3 Å². The van der Waals surface area contributed by atoms with Gasteiger partial charge in [-0.1, -0.05) is 12.1 Å². The Hall–Kier alpha value is -1.90. The van der Waals surface area contributed by atoms with Gasteiger partial charge in [0.05, 0.1) is 11.4 Å². The van der Waals surface area contributed by atoms with Gasteiger partial charge in [0.1, 0.15) is 4.90 Å². The van der Waals surface area contributed by atoms with E-state index in [0.29, 0.717) is 17.1 Å². The van der Waals surface area contributed by atoms with E-state index in [1.54, 1.807) is 13.8 Å². The maximum Gasteiger partial charge on any atom is 0.265 e. The summed E-state index contributed by atoms with van der Waals surface area (Å²) in [6.45, 7) is 8.56. The molecule has 3 rings (SSSR count). The van der Waals surface area contributed by atoms with Crippen molar-refractivity contribution in [1.29, 1.82) is 0 Å². The minimum Gasteiger partial charge on any atom is -0.304 e. The van der Waals surface area contributed by atoms with Crippen LogP contribution in [0.3, 0.4) is 0 Å². The largest absolute Gasteiger partial charge is 0.304 e. The van der Waals surface area contributed by atoms with Crippen molar-refractivity contribution in [2.75, 3.05) is 37.9 Å². The van der Waals surface area contributed by atoms with Crippen molar-refractivity contribution in [1.82, 2.24) is 20.0 Å². The molecule has 2 aromatic rings. The molecule has 0 amide bonds. The summed E-state index contributed by atoms with van der Waals surface area (Å²) in [5, 5.41) is 6.66. The third kappa shape index (κ3) is 4.20. The Kier molecular flexibility index (Phi) is 5.12. The predicted octanol–water partition coefficient (Wildman–Crippen LogP) is 1.57. The summed E-state index contributed by atoms with van der Waals surface area (Å²) < 4.78 is 27.7. The van der Waals surface area contributed by atoms with Crippen LogP contribution in [0.15, 0.2) is 29.2 Å². The van der Waals surface area contributed by atoms with Gasteiger partial charge in [0.25, 0.3) is 10.0 Å². The quantitative estimate of drug-likeness (QED) is 0.843. The number of piperazine rings is 1. The first-order valence-corrected chi connectivity index (χ1v) is 9.88. The molecule has 8 heteroatoms. The van der Waals surface area contributed by atoms with Crippen LogP contribution in [0.4, 0.5) is 5.69 Å². The number of H-pyrrole nitrogens is 1. The van der Waals surface area contributed by atoms with Gasteiger partial charge < -0.3 is 4.90 Å². The lowest BCUT2D eigenvalue weighted by molar-refractivity contribution is 0.148. The molecule has 1 aromatic heterocycles. The molecule has 0 radical (unpaired) electrons. The molecule has 2 heterocycles. The second-order valence-corrected chi connectivity index (χ2v) is 8.26. The van der Waals surface area contributed by atoms with Crippen LogP contribution in [-0.2, 0) is 16.6 Å². The predicted molar refractivity (Wildman–Crippen MR) is 98.1 cm³/mol. The highest BCUT2D eigenvalue weighted by molar-refractivity contribution is 7.92. The van der Waals surface area contributed by atoms with Crippen molar-refractivity contribution >= 4 is 15.7 Å². The third-order valence-corrected chi connectivity index (χ3v) is 6.18. The Bertz CT molecular complexity index is 802. The second-order valence-electron chi connectivity index (χ2n) is 6.64. The molecular formula is C17H25N5O2S. The van der Waals surface area contributed by atoms with E-state index in [1.165, 1.54) is 5.56 Å². The number of likely N-dealkylation sites (N-methyl/N-ethyl adjacent to an activating group) is 1. The van der Waals surface area contributed by atoms with Crippen LogP contribution in [0.1, 0.15) is 17.0 Å². The summed E-state index contributed by atoms with van der Waals surface area (Å²) >= 11 is 0. The molecule has 25 heavy (non-hydrogen) atoms. The van der Waals surface area contributed by atoms with Gasteiger partial charge in [-0.05, 0) is 38.6 Å². The van der Waals surface area contributed by atoms with E-state index in [2.05, 4.69) is 31.8 Å². The number of aryl methyl sites for hydroxylation is 2. The number of nitrogens with one attached hydrogen (secondary N) is 2. The van der Waals surface area contributed by atoms with Gasteiger partial charge >= 0.3 is 0 Å². The van der Waals surface area contributed by atoms with Gasteiger partial charge in [0.2, 0.25) is 0 Å². The van der Waals surface area contributed by atoms with Crippen LogP contribution in [0.25, 0.3) is 0 Å². The maximum absolute atomic E-state index is 12.6. The number of sulfonamides is 1. The van der Waals surface area contributed by atoms with Crippen molar-refractivity contribution < 1.29 is 8.42 Å². The van der Waals surface area contributed by atoms with Crippen molar-refractivity contribution in [2.45, 2.75) is 25.3 Å². The molecular weight excluding hydrogens is 338 g/mol. The Labute approximate surface area is 149 Å². The van der Waals surface area contributed by atoms with Crippen molar-refractivity contribution in [3.8, 4) is 0 Å². The smallest absolute Gasteiger partial charge is 0.265 e. The van der Waals surface area contributed by atoms with Gasteiger partial charge in [-0.2, -0.15) is 5.10 Å². The summed E-state index contributed by atoms with van der Waals surface area (Å²) in [5.74, 6) is 0. The zero-order valence-corrected chi connectivity index (χ0v) is 15.7. The first kappa shape index (κ1) is 17.9. The number of hydrogen-bond donors (Lipinski definition) is 2. The molecule has 7 nitrogen and oxygen atoms in total. The molecule has 0 unspecified atom stereocenters. The zero-order chi connectivity index (χ0) is 18.0. The van der Waals surface area contributed by atoms with Crippen LogP contribution >= 0.6 is 0 Å². The zero-order valence-electron chi connectivity index (χ0n) is 14.9. The standard InChI is InChI=1S/C17H25N5O2S/c1-13-17(14(2)19-18-13)25(23,24)20-16-6-4-15(5-7-16)12-22-10-8-21(3)9-11-22/h4-7,20H,8-12H2,1-3H3,(H,18,19). The summed E-state index contributed by atoms with van der Waals surface area (Å²) in [7, 11) is -1.50. The van der Waals surface area contributed by atoms with Gasteiger partial charge in [-0.3, -0.25) is 14.7 Å². The van der Waals surface area contributed by atoms with Crippen LogP contribution < -0.4 is 4.72 Å². The molecule has 1 aliphatic heterocycles. The number of nitrogens with zero attached hydrogens (tertiary/aromatic N) is 3. The molecule has 136 valence electrons. The fraction of sp³-hybridized carbons (Fsp3) is 0.471. The van der Waals surface area contributed by atoms with Crippen molar-refractivity contribution in [3.05, 3.63) is 41.2 Å². The molecule has 1 aliphatic rings. The number of aromatic amines is 1. The van der Waals surface area contributed by atoms with Crippen LogP contribution in [0.2, 0.25) is 0 Å². The SMILES string of the molecule is Cc1n[nH]c(C)c1S(=O)(=O)Nc1ccc(CN2CCN(C)CC2)cc1. The number of hydrogen-bond acceptors (Lipinski definition) is 5. The average molecular weight is 363 g/mol. The fourth-order valence-electron chi connectivity index (χ4n) is 3.09. The van der Waals surface area contributed by atoms with E-state index >= 15 is 0 Å². The highest BCUT2D eigenvalue weighted by Gasteiger charge is 2.22. The Morgan fingerprint density at radius 1 is 1.12 bits per heavy atom. The Balaban J connectivity index is 1.66. The highest BCUT2D eigenvalue weighted by Crippen LogP contribution is 2.21. The minimum atomic E-state index is -3.64. The molecule has 0 saturated carbocycles. The lowest BCUT2D eigenvalue weighted by atomic mass is 10.2. The summed E-state index contributed by atoms with van der Waals surface area (Å²) in [4.78, 5) is 4.96. The van der Waals surface area contributed by atoms with Gasteiger partial charge in [-0.15, -0.1) is 0 Å². The van der Waals surface area contributed by atoms with Crippen molar-refractivity contribution in [2.24, 2.45) is 0 Å². The van der Waals surface area contributed by atoms with Crippen LogP contribution in [0, 0.1) is 13.8 Å². The van der Waals surface area contributed by atoms with Crippen LogP contribution in [0.5, 0.6) is 0 Å². The first-order valence-electron chi connectivity index (χ1n) is 8.39. The number of aromatic nitrogens is 2. The Morgan fingerprint density at radius 3 is 2.32 bits per heavy atom. The Morgan fingerprint density at radius 2 is 1.76 bits per heavy atom. The molecule has 1 saturated heterocycles. The van der Waals surface area contributed by atoms with E-state index in [0.717, 1.165) is 32.7 Å². The summed E-state index contributed by atoms with van der Waals surface area (Å²) in [6, 6.07) is 7.58. The normalized spacial score (nSPS) is 16.9. The van der Waals surface area contributed by atoms with E-state index in [4.69, 9.17) is 0 Å². The number of benzene rings is 1. The van der Waals surface area contributed by atoms with E-state index in [-0.39, 0.29) is 4.90 Å². The number of rotatable bonds is 5. The van der Waals surface area contributed by atoms with Gasteiger partial charge in [-0.25, -0.2) is 8.42 Å². The first-order chi connectivity index (χ1) is 11.8. The van der Waals surface area contributed by atoms with Crippen molar-refractivity contribution in [3.63, 3.8) is 0 Å².